The summed E-state index contributed by atoms with van der Waals surface area (Å²) in [6.07, 6.45) is 0. The molecule has 1 aliphatic rings. The van der Waals surface area contributed by atoms with Gasteiger partial charge in [0.25, 0.3) is 5.91 Å². The van der Waals surface area contributed by atoms with Crippen molar-refractivity contribution in [2.45, 2.75) is 6.04 Å². The molecule has 1 unspecified atom stereocenters. The van der Waals surface area contributed by atoms with Crippen LogP contribution >= 0.6 is 11.3 Å². The number of ketones is 1. The highest BCUT2D eigenvalue weighted by atomic mass is 32.1. The average molecular weight is 463 g/mol. The predicted octanol–water partition coefficient (Wildman–Crippen LogP) is 4.38. The Balaban J connectivity index is 1.86. The number of carbonyl (C=O) groups excluding carboxylic acids is 3. The number of nitrogens with zero attached hydrogens (tertiary/aromatic N) is 2. The van der Waals surface area contributed by atoms with Gasteiger partial charge in [-0.2, -0.15) is 0 Å². The van der Waals surface area contributed by atoms with Crippen molar-refractivity contribution in [3.63, 3.8) is 0 Å². The van der Waals surface area contributed by atoms with Gasteiger partial charge in [-0.1, -0.05) is 24.3 Å². The van der Waals surface area contributed by atoms with Gasteiger partial charge in [0.1, 0.15) is 0 Å². The Kier molecular flexibility index (Phi) is 6.02. The van der Waals surface area contributed by atoms with Gasteiger partial charge in [-0.25, -0.2) is 4.79 Å². The first-order chi connectivity index (χ1) is 15.8. The average Bonchev–Trinajstić information content (AvgIpc) is 3.45. The van der Waals surface area contributed by atoms with Crippen molar-refractivity contribution in [3.8, 4) is 0 Å². The van der Waals surface area contributed by atoms with Gasteiger partial charge in [-0.3, -0.25) is 14.5 Å². The molecule has 168 valence electrons. The number of amides is 1. The molecular weight excluding hydrogens is 440 g/mol. The Morgan fingerprint density at radius 3 is 2.39 bits per heavy atom. The number of rotatable bonds is 6. The molecule has 2 heterocycles. The summed E-state index contributed by atoms with van der Waals surface area (Å²) in [5.41, 5.74) is 2.22. The molecule has 0 bridgehead atoms. The molecule has 8 heteroatoms. The molecule has 0 fully saturated rings. The second-order valence-electron chi connectivity index (χ2n) is 7.67. The van der Waals surface area contributed by atoms with Crippen LogP contribution in [0.15, 0.2) is 77.4 Å². The van der Waals surface area contributed by atoms with Crippen molar-refractivity contribution in [1.29, 1.82) is 0 Å². The lowest BCUT2D eigenvalue weighted by molar-refractivity contribution is -0.117. The normalized spacial score (nSPS) is 15.7. The third-order valence-corrected chi connectivity index (χ3v) is 6.34. The highest BCUT2D eigenvalue weighted by Crippen LogP contribution is 2.42. The van der Waals surface area contributed by atoms with Crippen LogP contribution in [0.5, 0.6) is 0 Å². The van der Waals surface area contributed by atoms with Gasteiger partial charge >= 0.3 is 5.97 Å². The highest BCUT2D eigenvalue weighted by Gasteiger charge is 2.45. The van der Waals surface area contributed by atoms with Crippen LogP contribution in [0.25, 0.3) is 0 Å². The summed E-state index contributed by atoms with van der Waals surface area (Å²) in [5.74, 6) is -2.27. The molecule has 1 N–H and O–H groups in total. The molecule has 1 aromatic heterocycles. The van der Waals surface area contributed by atoms with Crippen molar-refractivity contribution in [1.82, 2.24) is 0 Å². The minimum Gasteiger partial charge on any atom is -0.503 e. The number of aliphatic hydroxyl groups excluding tert-OH is 1. The van der Waals surface area contributed by atoms with Crippen molar-refractivity contribution < 1.29 is 24.2 Å². The van der Waals surface area contributed by atoms with Crippen molar-refractivity contribution in [2.75, 3.05) is 31.0 Å². The molecule has 0 radical (unpaired) electrons. The highest BCUT2D eigenvalue weighted by molar-refractivity contribution is 7.12. The first-order valence-electron chi connectivity index (χ1n) is 10.1. The van der Waals surface area contributed by atoms with E-state index in [-0.39, 0.29) is 11.1 Å². The van der Waals surface area contributed by atoms with Crippen LogP contribution in [0.4, 0.5) is 11.4 Å². The molecular formula is C25H22N2O5S. The third kappa shape index (κ3) is 4.01. The number of ether oxygens (including phenoxy) is 1. The standard InChI is InChI=1S/C25H22N2O5S/c1-26(2)17-11-9-15(10-12-17)21-20(22(28)19-8-5-13-33-19)23(29)24(30)27(21)18-7-4-6-16(14-18)25(31)32-3/h4-14,21,29H,1-3H3. The minimum absolute atomic E-state index is 0.00326. The van der Waals surface area contributed by atoms with Gasteiger partial charge in [0, 0.05) is 25.5 Å². The van der Waals surface area contributed by atoms with Crippen LogP contribution in [0.3, 0.4) is 0 Å². The zero-order valence-electron chi connectivity index (χ0n) is 18.3. The first kappa shape index (κ1) is 22.3. The predicted molar refractivity (Wildman–Crippen MR) is 127 cm³/mol. The quantitative estimate of drug-likeness (QED) is 0.432. The Morgan fingerprint density at radius 2 is 1.79 bits per heavy atom. The fourth-order valence-corrected chi connectivity index (χ4v) is 4.49. The minimum atomic E-state index is -0.865. The topological polar surface area (TPSA) is 87.1 Å². The number of anilines is 2. The van der Waals surface area contributed by atoms with Crippen LogP contribution in [0, 0.1) is 0 Å². The van der Waals surface area contributed by atoms with E-state index in [1.807, 2.05) is 43.3 Å². The zero-order valence-corrected chi connectivity index (χ0v) is 19.1. The van der Waals surface area contributed by atoms with E-state index >= 15 is 0 Å². The molecule has 33 heavy (non-hydrogen) atoms. The van der Waals surface area contributed by atoms with Crippen LogP contribution < -0.4 is 9.80 Å². The molecule has 1 amide bonds. The van der Waals surface area contributed by atoms with E-state index in [4.69, 9.17) is 4.74 Å². The van der Waals surface area contributed by atoms with Crippen molar-refractivity contribution in [2.24, 2.45) is 0 Å². The van der Waals surface area contributed by atoms with Gasteiger partial charge in [0.15, 0.2) is 5.76 Å². The number of methoxy groups -OCH3 is 1. The summed E-state index contributed by atoms with van der Waals surface area (Å²) in [6.45, 7) is 0. The molecule has 0 saturated heterocycles. The number of carbonyl (C=O) groups is 3. The Bertz CT molecular complexity index is 1250. The van der Waals surface area contributed by atoms with E-state index in [1.54, 1.807) is 35.7 Å². The van der Waals surface area contributed by atoms with Gasteiger partial charge in [0.2, 0.25) is 5.78 Å². The number of hydrogen-bond acceptors (Lipinski definition) is 7. The van der Waals surface area contributed by atoms with Crippen LogP contribution in [-0.2, 0) is 9.53 Å². The Morgan fingerprint density at radius 1 is 1.06 bits per heavy atom. The summed E-state index contributed by atoms with van der Waals surface area (Å²) >= 11 is 1.24. The number of hydrogen-bond donors (Lipinski definition) is 1. The second-order valence-corrected chi connectivity index (χ2v) is 8.62. The number of aliphatic hydroxyl groups is 1. The van der Waals surface area contributed by atoms with Gasteiger partial charge < -0.3 is 14.7 Å². The van der Waals surface area contributed by atoms with Crippen LogP contribution in [0.1, 0.15) is 31.6 Å². The second kappa shape index (κ2) is 8.91. The maximum absolute atomic E-state index is 13.4. The smallest absolute Gasteiger partial charge is 0.337 e. The number of Topliss-reactive ketones (excluding diaryl/α,β-unsaturated/α-hetero) is 1. The third-order valence-electron chi connectivity index (χ3n) is 5.47. The van der Waals surface area contributed by atoms with Crippen LogP contribution in [-0.4, -0.2) is 44.0 Å². The molecule has 1 aliphatic heterocycles. The SMILES string of the molecule is COC(=O)c1cccc(N2C(=O)C(O)=C(C(=O)c3cccs3)C2c2ccc(N(C)C)cc2)c1. The van der Waals surface area contributed by atoms with E-state index < -0.39 is 29.5 Å². The monoisotopic (exact) mass is 462 g/mol. The maximum Gasteiger partial charge on any atom is 0.337 e. The lowest BCUT2D eigenvalue weighted by Gasteiger charge is -2.27. The molecule has 1 atom stereocenters. The van der Waals surface area contributed by atoms with E-state index in [0.29, 0.717) is 16.1 Å². The first-order valence-corrected chi connectivity index (χ1v) is 11.0. The fraction of sp³-hybridized carbons (Fsp3) is 0.160. The summed E-state index contributed by atoms with van der Waals surface area (Å²) < 4.78 is 4.80. The molecule has 4 rings (SSSR count). The Labute approximate surface area is 195 Å². The lowest BCUT2D eigenvalue weighted by atomic mass is 9.94. The van der Waals surface area contributed by atoms with E-state index in [9.17, 15) is 19.5 Å². The van der Waals surface area contributed by atoms with Crippen molar-refractivity contribution >= 4 is 40.4 Å². The molecule has 3 aromatic rings. The fourth-order valence-electron chi connectivity index (χ4n) is 3.81. The number of thiophene rings is 1. The van der Waals surface area contributed by atoms with Gasteiger partial charge in [-0.15, -0.1) is 11.3 Å². The van der Waals surface area contributed by atoms with Gasteiger partial charge in [0.05, 0.1) is 29.2 Å². The Hall–Kier alpha value is -3.91. The molecule has 0 spiro atoms. The molecule has 0 aliphatic carbocycles. The largest absolute Gasteiger partial charge is 0.503 e. The van der Waals surface area contributed by atoms with Crippen LogP contribution in [0.2, 0.25) is 0 Å². The number of esters is 1. The summed E-state index contributed by atoms with van der Waals surface area (Å²) in [7, 11) is 5.10. The zero-order chi connectivity index (χ0) is 23.7. The van der Waals surface area contributed by atoms with E-state index in [1.165, 1.54) is 29.4 Å². The van der Waals surface area contributed by atoms with Crippen molar-refractivity contribution in [3.05, 3.63) is 93.4 Å². The summed E-state index contributed by atoms with van der Waals surface area (Å²) in [4.78, 5) is 42.4. The summed E-state index contributed by atoms with van der Waals surface area (Å²) in [5, 5.41) is 12.6. The van der Waals surface area contributed by atoms with E-state index in [0.717, 1.165) is 5.69 Å². The number of benzene rings is 2. The molecule has 0 saturated carbocycles. The maximum atomic E-state index is 13.4. The summed E-state index contributed by atoms with van der Waals surface area (Å²) in [6, 6.07) is 16.3. The molecule has 2 aromatic carbocycles. The lowest BCUT2D eigenvalue weighted by Crippen LogP contribution is -2.31. The van der Waals surface area contributed by atoms with E-state index in [2.05, 4.69) is 0 Å². The molecule has 7 nitrogen and oxygen atoms in total. The van der Waals surface area contributed by atoms with Gasteiger partial charge in [-0.05, 0) is 47.3 Å².